The first-order chi connectivity index (χ1) is 8.25. The topological polar surface area (TPSA) is 34.0 Å². The molecule has 0 aromatic carbocycles. The van der Waals surface area contributed by atoms with Crippen molar-refractivity contribution >= 4 is 23.1 Å². The Hall–Kier alpha value is -0.910. The Bertz CT molecular complexity index is 521. The summed E-state index contributed by atoms with van der Waals surface area (Å²) in [7, 11) is 0. The van der Waals surface area contributed by atoms with Gasteiger partial charge in [-0.3, -0.25) is 4.90 Å². The fourth-order valence-electron chi connectivity index (χ4n) is 2.33. The van der Waals surface area contributed by atoms with Crippen LogP contribution in [-0.2, 0) is 13.1 Å². The van der Waals surface area contributed by atoms with Gasteiger partial charge in [-0.05, 0) is 19.1 Å². The van der Waals surface area contributed by atoms with Crippen LogP contribution in [0.1, 0.15) is 24.4 Å². The maximum absolute atomic E-state index is 6.05. The molecule has 0 unspecified atom stereocenters. The molecule has 1 aliphatic rings. The van der Waals surface area contributed by atoms with Crippen LogP contribution in [0.15, 0.2) is 18.3 Å². The number of fused-ring (bicyclic) bond motifs is 1. The van der Waals surface area contributed by atoms with Gasteiger partial charge in [-0.15, -0.1) is 5.10 Å². The van der Waals surface area contributed by atoms with E-state index in [4.69, 9.17) is 11.6 Å². The molecule has 17 heavy (non-hydrogen) atoms. The highest BCUT2D eigenvalue weighted by Gasteiger charge is 2.24. The molecular formula is C11H13ClN4S. The van der Waals surface area contributed by atoms with Crippen LogP contribution in [0.5, 0.6) is 0 Å². The summed E-state index contributed by atoms with van der Waals surface area (Å²) < 4.78 is 6.89. The highest BCUT2D eigenvalue weighted by atomic mass is 35.5. The molecular weight excluding hydrogens is 256 g/mol. The maximum atomic E-state index is 6.05. The van der Waals surface area contributed by atoms with Crippen molar-refractivity contribution in [3.63, 3.8) is 0 Å². The Kier molecular flexibility index (Phi) is 2.90. The van der Waals surface area contributed by atoms with Crippen LogP contribution in [0.2, 0.25) is 4.34 Å². The van der Waals surface area contributed by atoms with Gasteiger partial charge in [-0.1, -0.05) is 16.1 Å². The Balaban J connectivity index is 1.81. The molecule has 1 atom stereocenters. The summed E-state index contributed by atoms with van der Waals surface area (Å²) in [5.41, 5.74) is 2.25. The third-order valence-corrected chi connectivity index (χ3v) is 4.32. The number of hydrogen-bond donors (Lipinski definition) is 0. The van der Waals surface area contributed by atoms with Crippen molar-refractivity contribution in [3.05, 3.63) is 34.1 Å². The third-order valence-electron chi connectivity index (χ3n) is 3.33. The van der Waals surface area contributed by atoms with Crippen LogP contribution < -0.4 is 0 Å². The molecule has 0 fully saturated rings. The zero-order valence-corrected chi connectivity index (χ0v) is 11.1. The Morgan fingerprint density at radius 2 is 2.41 bits per heavy atom. The molecule has 0 saturated heterocycles. The summed E-state index contributed by atoms with van der Waals surface area (Å²) in [6.07, 6.45) is 2.14. The summed E-state index contributed by atoms with van der Waals surface area (Å²) in [4.78, 5) is 2.39. The largest absolute Gasteiger partial charge is 0.349 e. The zero-order valence-electron chi connectivity index (χ0n) is 9.51. The Morgan fingerprint density at radius 3 is 3.18 bits per heavy atom. The number of hydrogen-bond acceptors (Lipinski definition) is 4. The van der Waals surface area contributed by atoms with Crippen LogP contribution in [0.4, 0.5) is 0 Å². The van der Waals surface area contributed by atoms with Gasteiger partial charge < -0.3 is 4.57 Å². The second-order valence-corrected chi connectivity index (χ2v) is 5.62. The molecule has 3 rings (SSSR count). The van der Waals surface area contributed by atoms with Crippen LogP contribution in [-0.4, -0.2) is 25.6 Å². The number of aromatic nitrogens is 3. The molecule has 0 amide bonds. The van der Waals surface area contributed by atoms with Gasteiger partial charge in [0.25, 0.3) is 0 Å². The lowest BCUT2D eigenvalue weighted by molar-refractivity contribution is 0.159. The zero-order chi connectivity index (χ0) is 11.8. The summed E-state index contributed by atoms with van der Waals surface area (Å²) in [6.45, 7) is 5.05. The number of halogens is 1. The lowest BCUT2D eigenvalue weighted by Crippen LogP contribution is -2.36. The smallest absolute Gasteiger partial charge is 0.138 e. The molecule has 0 spiro atoms. The lowest BCUT2D eigenvalue weighted by Gasteiger charge is -2.34. The van der Waals surface area contributed by atoms with Gasteiger partial charge in [0.05, 0.1) is 0 Å². The summed E-state index contributed by atoms with van der Waals surface area (Å²) in [6, 6.07) is 4.68. The molecule has 0 N–H and O–H groups in total. The van der Waals surface area contributed by atoms with Crippen molar-refractivity contribution in [2.75, 3.05) is 6.54 Å². The van der Waals surface area contributed by atoms with E-state index >= 15 is 0 Å². The van der Waals surface area contributed by atoms with E-state index in [-0.39, 0.29) is 0 Å². The Labute approximate surface area is 109 Å². The standard InChI is InChI=1S/C11H13ClN4S/c1-8-10-3-2-4-15(10)5-6-16(8)7-9-11(12)17-14-13-9/h2-4,8H,5-7H2,1H3/t8-/m0/s1. The summed E-state index contributed by atoms with van der Waals surface area (Å²) >= 11 is 7.30. The molecule has 4 nitrogen and oxygen atoms in total. The molecule has 90 valence electrons. The highest BCUT2D eigenvalue weighted by Crippen LogP contribution is 2.28. The quantitative estimate of drug-likeness (QED) is 0.840. The predicted octanol–water partition coefficient (Wildman–Crippen LogP) is 2.57. The van der Waals surface area contributed by atoms with E-state index in [9.17, 15) is 0 Å². The van der Waals surface area contributed by atoms with Crippen molar-refractivity contribution in [1.29, 1.82) is 0 Å². The molecule has 0 bridgehead atoms. The first-order valence-corrected chi connectivity index (χ1v) is 6.76. The minimum atomic E-state index is 0.400. The average molecular weight is 269 g/mol. The van der Waals surface area contributed by atoms with Crippen LogP contribution >= 0.6 is 23.1 Å². The number of rotatable bonds is 2. The van der Waals surface area contributed by atoms with Crippen LogP contribution in [0.3, 0.4) is 0 Å². The van der Waals surface area contributed by atoms with E-state index in [1.54, 1.807) is 0 Å². The lowest BCUT2D eigenvalue weighted by atomic mass is 10.1. The van der Waals surface area contributed by atoms with Crippen molar-refractivity contribution in [2.45, 2.75) is 26.1 Å². The van der Waals surface area contributed by atoms with Gasteiger partial charge in [-0.25, -0.2) is 0 Å². The molecule has 3 heterocycles. The third kappa shape index (κ3) is 1.99. The van der Waals surface area contributed by atoms with E-state index in [1.807, 2.05) is 0 Å². The fourth-order valence-corrected chi connectivity index (χ4v) is 2.94. The first-order valence-electron chi connectivity index (χ1n) is 5.61. The van der Waals surface area contributed by atoms with E-state index in [0.717, 1.165) is 25.3 Å². The van der Waals surface area contributed by atoms with Crippen molar-refractivity contribution in [2.24, 2.45) is 0 Å². The van der Waals surface area contributed by atoms with Gasteiger partial charge in [-0.2, -0.15) is 0 Å². The minimum Gasteiger partial charge on any atom is -0.349 e. The van der Waals surface area contributed by atoms with Crippen molar-refractivity contribution in [3.8, 4) is 0 Å². The monoisotopic (exact) mass is 268 g/mol. The Morgan fingerprint density at radius 1 is 1.53 bits per heavy atom. The van der Waals surface area contributed by atoms with Crippen LogP contribution in [0.25, 0.3) is 0 Å². The second kappa shape index (κ2) is 4.40. The summed E-state index contributed by atoms with van der Waals surface area (Å²) in [5, 5.41) is 4.08. The SMILES string of the molecule is C[C@H]1c2cccn2CCN1Cc1nnsc1Cl. The summed E-state index contributed by atoms with van der Waals surface area (Å²) in [5.74, 6) is 0. The van der Waals surface area contributed by atoms with E-state index < -0.39 is 0 Å². The molecule has 0 aliphatic carbocycles. The van der Waals surface area contributed by atoms with E-state index in [1.165, 1.54) is 17.2 Å². The average Bonchev–Trinajstić information content (AvgIpc) is 2.92. The van der Waals surface area contributed by atoms with Crippen molar-refractivity contribution in [1.82, 2.24) is 19.1 Å². The van der Waals surface area contributed by atoms with E-state index in [0.29, 0.717) is 10.4 Å². The van der Waals surface area contributed by atoms with E-state index in [2.05, 4.69) is 44.3 Å². The molecule has 0 radical (unpaired) electrons. The maximum Gasteiger partial charge on any atom is 0.138 e. The fraction of sp³-hybridized carbons (Fsp3) is 0.455. The molecule has 6 heteroatoms. The van der Waals surface area contributed by atoms with Gasteiger partial charge in [0.2, 0.25) is 0 Å². The van der Waals surface area contributed by atoms with Crippen LogP contribution in [0, 0.1) is 0 Å². The first kappa shape index (κ1) is 11.2. The van der Waals surface area contributed by atoms with Gasteiger partial charge in [0, 0.05) is 49.1 Å². The molecule has 2 aromatic rings. The molecule has 1 aliphatic heterocycles. The van der Waals surface area contributed by atoms with Gasteiger partial charge >= 0.3 is 0 Å². The molecule has 2 aromatic heterocycles. The predicted molar refractivity (Wildman–Crippen MR) is 68.2 cm³/mol. The second-order valence-electron chi connectivity index (χ2n) is 4.27. The minimum absolute atomic E-state index is 0.400. The van der Waals surface area contributed by atoms with Gasteiger partial charge in [0.15, 0.2) is 0 Å². The highest BCUT2D eigenvalue weighted by molar-refractivity contribution is 7.10. The van der Waals surface area contributed by atoms with Gasteiger partial charge in [0.1, 0.15) is 10.0 Å². The van der Waals surface area contributed by atoms with Crippen molar-refractivity contribution < 1.29 is 0 Å². The molecule has 0 saturated carbocycles. The number of nitrogens with zero attached hydrogens (tertiary/aromatic N) is 4. The normalized spacial score (nSPS) is 20.5.